The highest BCUT2D eigenvalue weighted by Crippen LogP contribution is 2.41. The van der Waals surface area contributed by atoms with Gasteiger partial charge in [-0.3, -0.25) is 14.5 Å². The Balaban J connectivity index is 0.00000102. The van der Waals surface area contributed by atoms with E-state index in [9.17, 15) is 4.79 Å². The third-order valence-electron chi connectivity index (χ3n) is 7.15. The van der Waals surface area contributed by atoms with Gasteiger partial charge in [0.25, 0.3) is 6.47 Å². The molecule has 3 heterocycles. The highest BCUT2D eigenvalue weighted by Gasteiger charge is 2.32. The Labute approximate surface area is 219 Å². The van der Waals surface area contributed by atoms with Crippen LogP contribution in [0.5, 0.6) is 0 Å². The van der Waals surface area contributed by atoms with Crippen molar-refractivity contribution in [3.63, 3.8) is 0 Å². The number of rotatable bonds is 5. The first-order valence-corrected chi connectivity index (χ1v) is 13.0. The van der Waals surface area contributed by atoms with E-state index in [1.165, 1.54) is 49.0 Å². The van der Waals surface area contributed by atoms with E-state index in [1.807, 2.05) is 23.1 Å². The van der Waals surface area contributed by atoms with Crippen LogP contribution in [0.3, 0.4) is 0 Å². The number of piperidine rings is 1. The molecule has 0 bridgehead atoms. The number of anilines is 2. The first kappa shape index (κ1) is 26.4. The number of carbonyl (C=O) groups excluding carboxylic acids is 1. The molecule has 7 heteroatoms. The number of benzene rings is 2. The molecule has 2 aliphatic rings. The minimum Gasteiger partial charge on any atom is -0.483 e. The summed E-state index contributed by atoms with van der Waals surface area (Å²) in [5, 5.41) is 10.5. The average molecular weight is 501 g/mol. The lowest BCUT2D eigenvalue weighted by Gasteiger charge is -2.39. The molecule has 2 aliphatic heterocycles. The van der Waals surface area contributed by atoms with Gasteiger partial charge < -0.3 is 15.3 Å². The Morgan fingerprint density at radius 2 is 1.76 bits per heavy atom. The Hall–Kier alpha value is -3.71. The van der Waals surface area contributed by atoms with E-state index in [1.54, 1.807) is 13.1 Å². The van der Waals surface area contributed by atoms with Gasteiger partial charge in [0.2, 0.25) is 5.91 Å². The van der Waals surface area contributed by atoms with Crippen LogP contribution in [-0.4, -0.2) is 46.5 Å². The predicted octanol–water partition coefficient (Wildman–Crippen LogP) is 5.73. The van der Waals surface area contributed by atoms with Gasteiger partial charge in [0, 0.05) is 31.4 Å². The van der Waals surface area contributed by atoms with Crippen molar-refractivity contribution < 1.29 is 14.7 Å². The van der Waals surface area contributed by atoms with Crippen LogP contribution < -0.4 is 10.2 Å². The molecule has 7 nitrogen and oxygen atoms in total. The molecule has 0 aliphatic carbocycles. The van der Waals surface area contributed by atoms with Crippen molar-refractivity contribution in [3.05, 3.63) is 78.0 Å². The summed E-state index contributed by atoms with van der Waals surface area (Å²) in [5.74, 6) is 0.939. The molecule has 1 aromatic heterocycles. The molecule has 194 valence electrons. The number of fused-ring (bicyclic) bond motifs is 1. The molecular formula is C30H36N4O3. The van der Waals surface area contributed by atoms with E-state index in [0.717, 1.165) is 30.0 Å². The largest absolute Gasteiger partial charge is 0.483 e. The van der Waals surface area contributed by atoms with E-state index in [2.05, 4.69) is 64.6 Å². The zero-order valence-electron chi connectivity index (χ0n) is 21.6. The maximum atomic E-state index is 12.5. The molecule has 1 amide bonds. The van der Waals surface area contributed by atoms with E-state index in [-0.39, 0.29) is 24.5 Å². The Morgan fingerprint density at radius 3 is 2.41 bits per heavy atom. The molecule has 2 atom stereocenters. The minimum atomic E-state index is -0.250. The van der Waals surface area contributed by atoms with Crippen LogP contribution in [0.15, 0.2) is 66.9 Å². The molecule has 0 spiro atoms. The standard InChI is InChI=1S/C29H34N4O.CH2O2/c1-21-18-27(31-29-8-4-5-15-30-29)26-19-25(13-14-28(26)33(21)22(2)34)24-11-9-23(10-12-24)20-32-16-6-3-7-17-32;2-1-3/h4-5,8-15,19,21,27H,3,6-7,16-18,20H2,1-2H3,(H,30,31);1H,(H,2,3)/t21-,27+;/m1./s1. The number of hydrogen-bond donors (Lipinski definition) is 2. The van der Waals surface area contributed by atoms with Gasteiger partial charge in [-0.2, -0.15) is 0 Å². The van der Waals surface area contributed by atoms with Crippen molar-refractivity contribution in [2.24, 2.45) is 0 Å². The third-order valence-corrected chi connectivity index (χ3v) is 7.15. The van der Waals surface area contributed by atoms with Crippen molar-refractivity contribution in [1.29, 1.82) is 0 Å². The zero-order chi connectivity index (χ0) is 26.2. The lowest BCUT2D eigenvalue weighted by molar-refractivity contribution is -0.123. The summed E-state index contributed by atoms with van der Waals surface area (Å²) in [7, 11) is 0. The fourth-order valence-electron chi connectivity index (χ4n) is 5.47. The summed E-state index contributed by atoms with van der Waals surface area (Å²) < 4.78 is 0. The van der Waals surface area contributed by atoms with Crippen LogP contribution in [0.4, 0.5) is 11.5 Å². The van der Waals surface area contributed by atoms with Gasteiger partial charge in [0.15, 0.2) is 0 Å². The smallest absolute Gasteiger partial charge is 0.290 e. The van der Waals surface area contributed by atoms with E-state index < -0.39 is 0 Å². The quantitative estimate of drug-likeness (QED) is 0.435. The normalized spacial score (nSPS) is 19.2. The van der Waals surface area contributed by atoms with Crippen molar-refractivity contribution >= 4 is 23.9 Å². The molecule has 2 N–H and O–H groups in total. The second kappa shape index (κ2) is 12.5. The zero-order valence-corrected chi connectivity index (χ0v) is 21.6. The number of carboxylic acid groups (broad SMARTS) is 1. The van der Waals surface area contributed by atoms with Gasteiger partial charge >= 0.3 is 0 Å². The van der Waals surface area contributed by atoms with Gasteiger partial charge in [-0.15, -0.1) is 0 Å². The van der Waals surface area contributed by atoms with Crippen molar-refractivity contribution in [2.75, 3.05) is 23.3 Å². The van der Waals surface area contributed by atoms with Gasteiger partial charge in [-0.1, -0.05) is 42.8 Å². The summed E-state index contributed by atoms with van der Waals surface area (Å²) in [6.07, 6.45) is 6.64. The van der Waals surface area contributed by atoms with Crippen LogP contribution in [0.2, 0.25) is 0 Å². The maximum Gasteiger partial charge on any atom is 0.290 e. The Kier molecular flexibility index (Phi) is 8.90. The molecular weight excluding hydrogens is 464 g/mol. The van der Waals surface area contributed by atoms with Crippen molar-refractivity contribution in [2.45, 2.75) is 58.2 Å². The summed E-state index contributed by atoms with van der Waals surface area (Å²) in [4.78, 5) is 29.8. The van der Waals surface area contributed by atoms with Gasteiger partial charge in [0.05, 0.1) is 6.04 Å². The highest BCUT2D eigenvalue weighted by atomic mass is 16.3. The average Bonchev–Trinajstić information content (AvgIpc) is 2.90. The maximum absolute atomic E-state index is 12.5. The van der Waals surface area contributed by atoms with Crippen LogP contribution >= 0.6 is 0 Å². The molecule has 37 heavy (non-hydrogen) atoms. The topological polar surface area (TPSA) is 85.8 Å². The summed E-state index contributed by atoms with van der Waals surface area (Å²) >= 11 is 0. The van der Waals surface area contributed by atoms with E-state index in [4.69, 9.17) is 9.90 Å². The molecule has 0 unspecified atom stereocenters. The second-order valence-electron chi connectivity index (χ2n) is 9.80. The number of carbonyl (C=O) groups is 2. The molecule has 0 radical (unpaired) electrons. The third kappa shape index (κ3) is 6.54. The van der Waals surface area contributed by atoms with Crippen LogP contribution in [0, 0.1) is 0 Å². The summed E-state index contributed by atoms with van der Waals surface area (Å²) in [6, 6.07) is 21.6. The van der Waals surface area contributed by atoms with Gasteiger partial charge in [0.1, 0.15) is 5.82 Å². The molecule has 0 saturated carbocycles. The molecule has 3 aromatic rings. The van der Waals surface area contributed by atoms with E-state index in [0.29, 0.717) is 0 Å². The number of pyridine rings is 1. The fraction of sp³-hybridized carbons (Fsp3) is 0.367. The number of amides is 1. The van der Waals surface area contributed by atoms with E-state index >= 15 is 0 Å². The second-order valence-corrected chi connectivity index (χ2v) is 9.80. The van der Waals surface area contributed by atoms with Crippen LogP contribution in [0.25, 0.3) is 11.1 Å². The number of aromatic nitrogens is 1. The fourth-order valence-corrected chi connectivity index (χ4v) is 5.47. The number of hydrogen-bond acceptors (Lipinski definition) is 5. The number of nitrogens with one attached hydrogen (secondary N) is 1. The number of likely N-dealkylation sites (tertiary alicyclic amines) is 1. The van der Waals surface area contributed by atoms with Gasteiger partial charge in [-0.05, 0) is 85.8 Å². The van der Waals surface area contributed by atoms with Crippen molar-refractivity contribution in [3.8, 4) is 11.1 Å². The Bertz CT molecular complexity index is 1180. The molecule has 2 aromatic carbocycles. The lowest BCUT2D eigenvalue weighted by Crippen LogP contribution is -2.43. The Morgan fingerprint density at radius 1 is 1.05 bits per heavy atom. The monoisotopic (exact) mass is 500 g/mol. The highest BCUT2D eigenvalue weighted by molar-refractivity contribution is 5.94. The molecule has 1 saturated heterocycles. The van der Waals surface area contributed by atoms with Crippen LogP contribution in [0.1, 0.15) is 56.7 Å². The minimum absolute atomic E-state index is 0.0832. The number of nitrogens with zero attached hydrogens (tertiary/aromatic N) is 3. The summed E-state index contributed by atoms with van der Waals surface area (Å²) in [5.41, 5.74) is 5.89. The first-order valence-electron chi connectivity index (χ1n) is 13.0. The van der Waals surface area contributed by atoms with Gasteiger partial charge in [-0.25, -0.2) is 4.98 Å². The SMILES string of the molecule is CC(=O)N1c2ccc(-c3ccc(CN4CCCCC4)cc3)cc2[C@@H](Nc2ccccn2)C[C@H]1C.O=CO. The first-order chi connectivity index (χ1) is 18.0. The lowest BCUT2D eigenvalue weighted by atomic mass is 9.89. The van der Waals surface area contributed by atoms with Crippen molar-refractivity contribution in [1.82, 2.24) is 9.88 Å². The predicted molar refractivity (Wildman–Crippen MR) is 148 cm³/mol. The molecule has 5 rings (SSSR count). The molecule has 1 fully saturated rings. The van der Waals surface area contributed by atoms with Crippen LogP contribution in [-0.2, 0) is 16.1 Å². The summed E-state index contributed by atoms with van der Waals surface area (Å²) in [6.45, 7) is 6.98.